The Balaban J connectivity index is 1.40. The number of amides is 2. The van der Waals surface area contributed by atoms with Crippen molar-refractivity contribution in [2.24, 2.45) is 0 Å². The molecule has 2 N–H and O–H groups in total. The molecule has 0 saturated carbocycles. The Hall–Kier alpha value is -2.38. The molecule has 1 aliphatic rings. The van der Waals surface area contributed by atoms with E-state index in [0.717, 1.165) is 56.8 Å². The molecule has 0 aromatic carbocycles. The van der Waals surface area contributed by atoms with Crippen molar-refractivity contribution in [2.75, 3.05) is 6.54 Å². The third-order valence-corrected chi connectivity index (χ3v) is 4.23. The van der Waals surface area contributed by atoms with E-state index in [4.69, 9.17) is 0 Å². The Morgan fingerprint density at radius 3 is 3.12 bits per heavy atom. The van der Waals surface area contributed by atoms with E-state index in [1.807, 2.05) is 28.7 Å². The highest BCUT2D eigenvalue weighted by molar-refractivity contribution is 5.74. The number of hydrogen-bond acceptors (Lipinski definition) is 4. The zero-order valence-corrected chi connectivity index (χ0v) is 14.1. The number of urea groups is 1. The molecule has 3 heterocycles. The Kier molecular flexibility index (Phi) is 5.45. The van der Waals surface area contributed by atoms with Crippen molar-refractivity contribution < 1.29 is 4.79 Å². The maximum absolute atomic E-state index is 12.1. The van der Waals surface area contributed by atoms with Crippen LogP contribution in [-0.2, 0) is 19.5 Å². The molecule has 8 nitrogen and oxygen atoms in total. The quantitative estimate of drug-likeness (QED) is 0.755. The largest absolute Gasteiger partial charge is 0.338 e. The standard InChI is InChI=1S/C16H25N7O/c1-2-14-20-15-13(6-5-10-23(15)21-14)19-16(24)18-7-3-4-9-22-11-8-17-12-22/h8,11-13H,2-7,9-10H2,1H3,(H2,18,19,24)/t13-/m1/s1. The molecule has 0 fully saturated rings. The monoisotopic (exact) mass is 331 g/mol. The summed E-state index contributed by atoms with van der Waals surface area (Å²) in [5, 5.41) is 10.4. The van der Waals surface area contributed by atoms with Gasteiger partial charge in [-0.25, -0.2) is 19.4 Å². The molecule has 0 aliphatic carbocycles. The second kappa shape index (κ2) is 7.94. The van der Waals surface area contributed by atoms with E-state index in [1.165, 1.54) is 0 Å². The fourth-order valence-corrected chi connectivity index (χ4v) is 2.94. The molecular formula is C16H25N7O. The lowest BCUT2D eigenvalue weighted by molar-refractivity contribution is 0.232. The van der Waals surface area contributed by atoms with Crippen LogP contribution in [0.3, 0.4) is 0 Å². The smallest absolute Gasteiger partial charge is 0.315 e. The molecule has 130 valence electrons. The van der Waals surface area contributed by atoms with E-state index >= 15 is 0 Å². The van der Waals surface area contributed by atoms with Gasteiger partial charge in [-0.1, -0.05) is 6.92 Å². The van der Waals surface area contributed by atoms with Crippen LogP contribution in [0.4, 0.5) is 4.79 Å². The van der Waals surface area contributed by atoms with Gasteiger partial charge in [0.1, 0.15) is 5.82 Å². The van der Waals surface area contributed by atoms with Crippen molar-refractivity contribution in [3.8, 4) is 0 Å². The number of unbranched alkanes of at least 4 members (excludes halogenated alkanes) is 1. The normalized spacial score (nSPS) is 16.6. The summed E-state index contributed by atoms with van der Waals surface area (Å²) in [5.41, 5.74) is 0. The number of imidazole rings is 1. The van der Waals surface area contributed by atoms with Crippen LogP contribution >= 0.6 is 0 Å². The van der Waals surface area contributed by atoms with Gasteiger partial charge in [0.25, 0.3) is 0 Å². The van der Waals surface area contributed by atoms with Gasteiger partial charge in [-0.15, -0.1) is 0 Å². The van der Waals surface area contributed by atoms with Crippen molar-refractivity contribution in [1.82, 2.24) is 34.9 Å². The van der Waals surface area contributed by atoms with Crippen LogP contribution in [0.25, 0.3) is 0 Å². The zero-order chi connectivity index (χ0) is 16.8. The minimum atomic E-state index is -0.128. The van der Waals surface area contributed by atoms with Gasteiger partial charge < -0.3 is 15.2 Å². The lowest BCUT2D eigenvalue weighted by Crippen LogP contribution is -2.40. The Labute approximate surface area is 141 Å². The van der Waals surface area contributed by atoms with E-state index in [1.54, 1.807) is 6.20 Å². The first kappa shape index (κ1) is 16.5. The lowest BCUT2D eigenvalue weighted by atomic mass is 10.1. The summed E-state index contributed by atoms with van der Waals surface area (Å²) >= 11 is 0. The SMILES string of the molecule is CCc1nc2n(n1)CCC[C@H]2NC(=O)NCCCCn1ccnc1. The average molecular weight is 331 g/mol. The van der Waals surface area contributed by atoms with Crippen LogP contribution in [0.15, 0.2) is 18.7 Å². The van der Waals surface area contributed by atoms with Gasteiger partial charge >= 0.3 is 6.03 Å². The van der Waals surface area contributed by atoms with Crippen LogP contribution in [0.2, 0.25) is 0 Å². The molecule has 0 radical (unpaired) electrons. The van der Waals surface area contributed by atoms with Crippen LogP contribution < -0.4 is 10.6 Å². The zero-order valence-electron chi connectivity index (χ0n) is 14.1. The van der Waals surface area contributed by atoms with E-state index in [0.29, 0.717) is 6.54 Å². The van der Waals surface area contributed by atoms with Crippen LogP contribution in [0, 0.1) is 0 Å². The van der Waals surface area contributed by atoms with E-state index < -0.39 is 0 Å². The molecule has 2 aromatic heterocycles. The number of hydrogen-bond donors (Lipinski definition) is 2. The molecule has 0 spiro atoms. The summed E-state index contributed by atoms with van der Waals surface area (Å²) in [6, 6.07) is -0.172. The summed E-state index contributed by atoms with van der Waals surface area (Å²) in [5.74, 6) is 1.73. The van der Waals surface area contributed by atoms with Crippen molar-refractivity contribution in [3.63, 3.8) is 0 Å². The average Bonchev–Trinajstić information content (AvgIpc) is 3.24. The highest BCUT2D eigenvalue weighted by Gasteiger charge is 2.25. The van der Waals surface area contributed by atoms with E-state index in [2.05, 4.69) is 25.7 Å². The van der Waals surface area contributed by atoms with Crippen molar-refractivity contribution in [1.29, 1.82) is 0 Å². The molecule has 0 unspecified atom stereocenters. The minimum Gasteiger partial charge on any atom is -0.338 e. The molecule has 3 rings (SSSR count). The predicted molar refractivity (Wildman–Crippen MR) is 89.4 cm³/mol. The summed E-state index contributed by atoms with van der Waals surface area (Å²) in [7, 11) is 0. The number of nitrogens with zero attached hydrogens (tertiary/aromatic N) is 5. The van der Waals surface area contributed by atoms with E-state index in [9.17, 15) is 4.79 Å². The number of carbonyl (C=O) groups excluding carboxylic acids is 1. The number of nitrogens with one attached hydrogen (secondary N) is 2. The molecule has 2 aromatic rings. The third kappa shape index (κ3) is 4.12. The predicted octanol–water partition coefficient (Wildman–Crippen LogP) is 1.65. The molecular weight excluding hydrogens is 306 g/mol. The number of rotatable bonds is 7. The molecule has 1 aliphatic heterocycles. The summed E-state index contributed by atoms with van der Waals surface area (Å²) in [6.07, 6.45) is 10.2. The third-order valence-electron chi connectivity index (χ3n) is 4.23. The van der Waals surface area contributed by atoms with E-state index in [-0.39, 0.29) is 12.1 Å². The highest BCUT2D eigenvalue weighted by atomic mass is 16.2. The van der Waals surface area contributed by atoms with Gasteiger partial charge in [-0.2, -0.15) is 5.10 Å². The van der Waals surface area contributed by atoms with Crippen molar-refractivity contribution >= 4 is 6.03 Å². The number of fused-ring (bicyclic) bond motifs is 1. The van der Waals surface area contributed by atoms with Crippen molar-refractivity contribution in [3.05, 3.63) is 30.4 Å². The van der Waals surface area contributed by atoms with Gasteiger partial charge in [0.15, 0.2) is 5.82 Å². The molecule has 0 bridgehead atoms. The molecule has 8 heteroatoms. The first-order valence-corrected chi connectivity index (χ1v) is 8.70. The topological polar surface area (TPSA) is 89.7 Å². The van der Waals surface area contributed by atoms with Gasteiger partial charge in [-0.05, 0) is 25.7 Å². The van der Waals surface area contributed by atoms with Gasteiger partial charge in [0, 0.05) is 38.4 Å². The Morgan fingerprint density at radius 1 is 1.42 bits per heavy atom. The first-order chi connectivity index (χ1) is 11.8. The van der Waals surface area contributed by atoms with Crippen LogP contribution in [0.1, 0.15) is 50.3 Å². The Bertz CT molecular complexity index is 649. The number of carbonyl (C=O) groups is 1. The van der Waals surface area contributed by atoms with Crippen LogP contribution in [-0.4, -0.2) is 36.9 Å². The molecule has 24 heavy (non-hydrogen) atoms. The maximum Gasteiger partial charge on any atom is 0.315 e. The van der Waals surface area contributed by atoms with Crippen molar-refractivity contribution in [2.45, 2.75) is 58.2 Å². The summed E-state index contributed by atoms with van der Waals surface area (Å²) in [4.78, 5) is 20.6. The minimum absolute atomic E-state index is 0.0440. The van der Waals surface area contributed by atoms with Crippen LogP contribution in [0.5, 0.6) is 0 Å². The van der Waals surface area contributed by atoms with Gasteiger partial charge in [0.2, 0.25) is 0 Å². The number of aryl methyl sites for hydroxylation is 3. The molecule has 1 atom stereocenters. The fraction of sp³-hybridized carbons (Fsp3) is 0.625. The highest BCUT2D eigenvalue weighted by Crippen LogP contribution is 2.22. The molecule has 0 saturated heterocycles. The first-order valence-electron chi connectivity index (χ1n) is 8.70. The number of aromatic nitrogens is 5. The second-order valence-corrected chi connectivity index (χ2v) is 6.07. The fourth-order valence-electron chi connectivity index (χ4n) is 2.94. The summed E-state index contributed by atoms with van der Waals surface area (Å²) in [6.45, 7) is 4.52. The second-order valence-electron chi connectivity index (χ2n) is 6.07. The Morgan fingerprint density at radius 2 is 2.33 bits per heavy atom. The van der Waals surface area contributed by atoms with Gasteiger partial charge in [0.05, 0.1) is 12.4 Å². The van der Waals surface area contributed by atoms with Gasteiger partial charge in [-0.3, -0.25) is 0 Å². The molecule has 2 amide bonds. The lowest BCUT2D eigenvalue weighted by Gasteiger charge is -2.23. The maximum atomic E-state index is 12.1. The summed E-state index contributed by atoms with van der Waals surface area (Å²) < 4.78 is 3.97.